The van der Waals surface area contributed by atoms with Crippen LogP contribution in [-0.4, -0.2) is 36.4 Å². The molecule has 78 valence electrons. The molecule has 0 radical (unpaired) electrons. The molecule has 0 rings (SSSR count). The molecule has 0 aromatic rings. The molecule has 0 spiro atoms. The minimum absolute atomic E-state index is 0.192. The molecule has 0 aliphatic heterocycles. The highest BCUT2D eigenvalue weighted by Gasteiger charge is 2.20. The molecule has 0 saturated carbocycles. The minimum Gasteiger partial charge on any atom is -0.309 e. The zero-order valence-electron chi connectivity index (χ0n) is 9.39. The molecule has 0 aliphatic rings. The summed E-state index contributed by atoms with van der Waals surface area (Å²) in [4.78, 5) is 13.6. The Labute approximate surface area is 86.1 Å². The van der Waals surface area contributed by atoms with Gasteiger partial charge in [0.15, 0.2) is 5.12 Å². The molecule has 13 heavy (non-hydrogen) atoms. The lowest BCUT2D eigenvalue weighted by molar-refractivity contribution is -0.117. The highest BCUT2D eigenvalue weighted by atomic mass is 32.2. The second kappa shape index (κ2) is 5.66. The number of nitrogens with zero attached hydrogens (tertiary/aromatic N) is 1. The maximum atomic E-state index is 11.5. The smallest absolute Gasteiger partial charge is 0.194 e. The number of carbonyl (C=O) groups excluding carboxylic acids is 1. The zero-order chi connectivity index (χ0) is 10.5. The van der Waals surface area contributed by atoms with E-state index in [2.05, 4.69) is 19.0 Å². The van der Waals surface area contributed by atoms with Crippen molar-refractivity contribution >= 4 is 16.9 Å². The summed E-state index contributed by atoms with van der Waals surface area (Å²) in [5, 5.41) is 0.297. The Balaban J connectivity index is 3.49. The van der Waals surface area contributed by atoms with Crippen LogP contribution in [0.1, 0.15) is 27.2 Å². The molecule has 2 nitrogen and oxygen atoms in total. The van der Waals surface area contributed by atoms with Gasteiger partial charge in [-0.3, -0.25) is 4.79 Å². The molecule has 0 unspecified atom stereocenters. The molecule has 0 N–H and O–H groups in total. The molecule has 0 amide bonds. The van der Waals surface area contributed by atoms with Crippen molar-refractivity contribution in [3.63, 3.8) is 0 Å². The van der Waals surface area contributed by atoms with Gasteiger partial charge in [0.25, 0.3) is 0 Å². The molecular weight excluding hydrogens is 182 g/mol. The summed E-state index contributed by atoms with van der Waals surface area (Å²) in [6.45, 7) is 6.96. The standard InChI is InChI=1S/C10H21NOS/c1-10(2,3)9(12)13-8-6-7-11(4)5/h6-8H2,1-5H3. The van der Waals surface area contributed by atoms with Gasteiger partial charge in [-0.05, 0) is 27.1 Å². The van der Waals surface area contributed by atoms with Crippen LogP contribution < -0.4 is 0 Å². The van der Waals surface area contributed by atoms with E-state index in [0.717, 1.165) is 18.7 Å². The average molecular weight is 203 g/mol. The third kappa shape index (κ3) is 7.08. The van der Waals surface area contributed by atoms with Crippen molar-refractivity contribution in [1.29, 1.82) is 0 Å². The minimum atomic E-state index is -0.192. The Hall–Kier alpha value is -0.0200. The quantitative estimate of drug-likeness (QED) is 0.654. The van der Waals surface area contributed by atoms with E-state index >= 15 is 0 Å². The van der Waals surface area contributed by atoms with E-state index < -0.39 is 0 Å². The summed E-state index contributed by atoms with van der Waals surface area (Å²) in [5.74, 6) is 0.939. The van der Waals surface area contributed by atoms with E-state index in [4.69, 9.17) is 0 Å². The summed E-state index contributed by atoms with van der Waals surface area (Å²) in [6, 6.07) is 0. The molecule has 0 aromatic heterocycles. The topological polar surface area (TPSA) is 20.3 Å². The number of rotatable bonds is 4. The molecule has 0 bridgehead atoms. The maximum absolute atomic E-state index is 11.5. The van der Waals surface area contributed by atoms with Gasteiger partial charge in [-0.25, -0.2) is 0 Å². The lowest BCUT2D eigenvalue weighted by Gasteiger charge is -2.15. The SMILES string of the molecule is CN(C)CCCSC(=O)C(C)(C)C. The first-order valence-corrected chi connectivity index (χ1v) is 5.64. The molecule has 0 fully saturated rings. The first-order valence-electron chi connectivity index (χ1n) is 4.66. The van der Waals surface area contributed by atoms with Crippen LogP contribution in [0.4, 0.5) is 0 Å². The molecule has 3 heteroatoms. The summed E-state index contributed by atoms with van der Waals surface area (Å²) < 4.78 is 0. The van der Waals surface area contributed by atoms with Crippen molar-refractivity contribution in [2.45, 2.75) is 27.2 Å². The fourth-order valence-corrected chi connectivity index (χ4v) is 1.65. The lowest BCUT2D eigenvalue weighted by Crippen LogP contribution is -2.18. The van der Waals surface area contributed by atoms with Gasteiger partial charge < -0.3 is 4.90 Å². The predicted molar refractivity (Wildman–Crippen MR) is 60.1 cm³/mol. The van der Waals surface area contributed by atoms with Gasteiger partial charge in [0, 0.05) is 11.2 Å². The van der Waals surface area contributed by atoms with Crippen molar-refractivity contribution in [2.75, 3.05) is 26.4 Å². The van der Waals surface area contributed by atoms with Gasteiger partial charge in [0.05, 0.1) is 0 Å². The summed E-state index contributed by atoms with van der Waals surface area (Å²) in [6.07, 6.45) is 1.08. The van der Waals surface area contributed by atoms with Gasteiger partial charge in [-0.1, -0.05) is 32.5 Å². The van der Waals surface area contributed by atoms with E-state index in [-0.39, 0.29) is 5.41 Å². The van der Waals surface area contributed by atoms with Crippen molar-refractivity contribution < 1.29 is 4.79 Å². The van der Waals surface area contributed by atoms with Crippen molar-refractivity contribution in [3.05, 3.63) is 0 Å². The maximum Gasteiger partial charge on any atom is 0.194 e. The molecule has 0 saturated heterocycles. The second-order valence-electron chi connectivity index (χ2n) is 4.54. The van der Waals surface area contributed by atoms with Crippen LogP contribution in [0.5, 0.6) is 0 Å². The van der Waals surface area contributed by atoms with Gasteiger partial charge in [0.1, 0.15) is 0 Å². The van der Waals surface area contributed by atoms with Crippen LogP contribution in [0.3, 0.4) is 0 Å². The van der Waals surface area contributed by atoms with E-state index in [1.54, 1.807) is 0 Å². The fourth-order valence-electron chi connectivity index (χ4n) is 0.762. The summed E-state index contributed by atoms with van der Waals surface area (Å²) in [5.41, 5.74) is -0.192. The van der Waals surface area contributed by atoms with Gasteiger partial charge in [-0.2, -0.15) is 0 Å². The molecule has 0 atom stereocenters. The van der Waals surface area contributed by atoms with E-state index in [0.29, 0.717) is 5.12 Å². The molecule has 0 aromatic carbocycles. The molecule has 0 heterocycles. The summed E-state index contributed by atoms with van der Waals surface area (Å²) in [7, 11) is 4.10. The Morgan fingerprint density at radius 2 is 1.85 bits per heavy atom. The second-order valence-corrected chi connectivity index (χ2v) is 5.61. The number of carbonyl (C=O) groups is 1. The van der Waals surface area contributed by atoms with E-state index in [1.165, 1.54) is 11.8 Å². The van der Waals surface area contributed by atoms with Crippen LogP contribution in [-0.2, 0) is 4.79 Å². The number of thioether (sulfide) groups is 1. The Bertz CT molecular complexity index is 161. The van der Waals surface area contributed by atoms with Crippen LogP contribution in [0.15, 0.2) is 0 Å². The van der Waals surface area contributed by atoms with Crippen molar-refractivity contribution in [3.8, 4) is 0 Å². The third-order valence-electron chi connectivity index (χ3n) is 1.60. The fraction of sp³-hybridized carbons (Fsp3) is 0.900. The first-order chi connectivity index (χ1) is 5.84. The van der Waals surface area contributed by atoms with Crippen molar-refractivity contribution in [1.82, 2.24) is 4.90 Å². The lowest BCUT2D eigenvalue weighted by atomic mass is 10.00. The van der Waals surface area contributed by atoms with Gasteiger partial charge in [-0.15, -0.1) is 0 Å². The van der Waals surface area contributed by atoms with Gasteiger partial charge in [0.2, 0.25) is 0 Å². The van der Waals surface area contributed by atoms with Crippen molar-refractivity contribution in [2.24, 2.45) is 5.41 Å². The zero-order valence-corrected chi connectivity index (χ0v) is 10.2. The molecular formula is C10H21NOS. The highest BCUT2D eigenvalue weighted by Crippen LogP contribution is 2.22. The van der Waals surface area contributed by atoms with Crippen LogP contribution in [0.25, 0.3) is 0 Å². The summed E-state index contributed by atoms with van der Waals surface area (Å²) >= 11 is 1.46. The van der Waals surface area contributed by atoms with Crippen LogP contribution >= 0.6 is 11.8 Å². The monoisotopic (exact) mass is 203 g/mol. The van der Waals surface area contributed by atoms with Gasteiger partial charge >= 0.3 is 0 Å². The van der Waals surface area contributed by atoms with E-state index in [1.807, 2.05) is 20.8 Å². The largest absolute Gasteiger partial charge is 0.309 e. The van der Waals surface area contributed by atoms with Crippen LogP contribution in [0, 0.1) is 5.41 Å². The Morgan fingerprint density at radius 3 is 2.23 bits per heavy atom. The predicted octanol–water partition coefficient (Wildman–Crippen LogP) is 2.24. The first kappa shape index (κ1) is 13.0. The molecule has 0 aliphatic carbocycles. The Morgan fingerprint density at radius 1 is 1.31 bits per heavy atom. The highest BCUT2D eigenvalue weighted by molar-refractivity contribution is 8.13. The normalized spacial score (nSPS) is 12.2. The van der Waals surface area contributed by atoms with E-state index in [9.17, 15) is 4.79 Å². The number of hydrogen-bond donors (Lipinski definition) is 0. The third-order valence-corrected chi connectivity index (χ3v) is 2.96. The van der Waals surface area contributed by atoms with Crippen LogP contribution in [0.2, 0.25) is 0 Å². The number of hydrogen-bond acceptors (Lipinski definition) is 3. The average Bonchev–Trinajstić information content (AvgIpc) is 1.95. The Kier molecular flexibility index (Phi) is 5.65.